The lowest BCUT2D eigenvalue weighted by molar-refractivity contribution is 0.215. The van der Waals surface area contributed by atoms with E-state index in [1.54, 1.807) is 22.5 Å². The Labute approximate surface area is 230 Å². The van der Waals surface area contributed by atoms with Gasteiger partial charge in [0.2, 0.25) is 0 Å². The Morgan fingerprint density at radius 2 is 1.95 bits per heavy atom. The van der Waals surface area contributed by atoms with Gasteiger partial charge in [0.05, 0.1) is 34.8 Å². The molecule has 39 heavy (non-hydrogen) atoms. The maximum Gasteiger partial charge on any atom is 0.320 e. The molecule has 2 amide bonds. The summed E-state index contributed by atoms with van der Waals surface area (Å²) >= 11 is 6.68. The van der Waals surface area contributed by atoms with Gasteiger partial charge >= 0.3 is 6.03 Å². The molecule has 2 unspecified atom stereocenters. The van der Waals surface area contributed by atoms with Crippen molar-refractivity contribution in [3.63, 3.8) is 0 Å². The van der Waals surface area contributed by atoms with Crippen LogP contribution in [0.1, 0.15) is 30.8 Å². The molecular weight excluding hydrogens is 518 g/mol. The van der Waals surface area contributed by atoms with Gasteiger partial charge in [0.1, 0.15) is 23.7 Å². The number of nitrogens with two attached hydrogens (primary N) is 1. The van der Waals surface area contributed by atoms with Crippen molar-refractivity contribution in [3.05, 3.63) is 71.8 Å². The zero-order valence-electron chi connectivity index (χ0n) is 22.1. The molecule has 0 fully saturated rings. The van der Waals surface area contributed by atoms with Crippen LogP contribution in [-0.2, 0) is 12.5 Å². The molecule has 0 bridgehead atoms. The number of aliphatic hydroxyl groups is 1. The zero-order chi connectivity index (χ0) is 27.9. The van der Waals surface area contributed by atoms with Gasteiger partial charge in [-0.2, -0.15) is 10.2 Å². The minimum atomic E-state index is -0.596. The molecule has 12 heteroatoms. The van der Waals surface area contributed by atoms with Crippen molar-refractivity contribution in [1.29, 1.82) is 0 Å². The third kappa shape index (κ3) is 5.10. The highest BCUT2D eigenvalue weighted by Crippen LogP contribution is 2.31. The maximum atomic E-state index is 13.1. The molecule has 3 heterocycles. The number of benzene rings is 1. The van der Waals surface area contributed by atoms with E-state index in [9.17, 15) is 9.90 Å². The fourth-order valence-electron chi connectivity index (χ4n) is 4.31. The molecule has 1 aliphatic carbocycles. The molecule has 1 aliphatic rings. The Morgan fingerprint density at radius 3 is 2.64 bits per heavy atom. The van der Waals surface area contributed by atoms with Gasteiger partial charge in [0.25, 0.3) is 0 Å². The van der Waals surface area contributed by atoms with Crippen LogP contribution in [0.3, 0.4) is 0 Å². The summed E-state index contributed by atoms with van der Waals surface area (Å²) in [7, 11) is 1.78. The number of amides is 2. The fourth-order valence-corrected chi connectivity index (χ4v) is 4.59. The number of aliphatic hydroxyl groups excluding tert-OH is 1. The number of aromatic nitrogens is 6. The van der Waals surface area contributed by atoms with Crippen LogP contribution in [0.25, 0.3) is 22.3 Å². The summed E-state index contributed by atoms with van der Waals surface area (Å²) in [5.74, 6) is 0.794. The SMILES string of the molecule is Cc1ccc(-n2nc(C(C)(C)CO)cc2NC(=O)NC2C=CC(c3nn(C)c4ncnc(N)c34)=CC2Cl)cc1. The highest BCUT2D eigenvalue weighted by atomic mass is 35.5. The number of anilines is 2. The van der Waals surface area contributed by atoms with Gasteiger partial charge < -0.3 is 16.2 Å². The average molecular weight is 548 g/mol. The van der Waals surface area contributed by atoms with Crippen molar-refractivity contribution in [3.8, 4) is 5.69 Å². The van der Waals surface area contributed by atoms with Gasteiger partial charge in [0, 0.05) is 24.1 Å². The lowest BCUT2D eigenvalue weighted by Gasteiger charge is -2.22. The first-order valence-corrected chi connectivity index (χ1v) is 12.8. The predicted octanol–water partition coefficient (Wildman–Crippen LogP) is 3.46. The third-order valence-corrected chi connectivity index (χ3v) is 7.10. The van der Waals surface area contributed by atoms with E-state index in [1.165, 1.54) is 6.33 Å². The van der Waals surface area contributed by atoms with Crippen molar-refractivity contribution in [2.75, 3.05) is 17.7 Å². The molecular formula is C27H30ClN9O2. The second kappa shape index (κ2) is 10.2. The first-order chi connectivity index (χ1) is 18.6. The topological polar surface area (TPSA) is 149 Å². The van der Waals surface area contributed by atoms with E-state index in [-0.39, 0.29) is 6.61 Å². The van der Waals surface area contributed by atoms with Crippen LogP contribution in [-0.4, -0.2) is 58.7 Å². The average Bonchev–Trinajstić information content (AvgIpc) is 3.48. The molecule has 0 saturated carbocycles. The number of nitrogen functional groups attached to an aromatic ring is 1. The van der Waals surface area contributed by atoms with Crippen LogP contribution in [0.2, 0.25) is 0 Å². The van der Waals surface area contributed by atoms with Crippen LogP contribution in [0.4, 0.5) is 16.4 Å². The fraction of sp³-hybridized carbons (Fsp3) is 0.296. The Kier molecular flexibility index (Phi) is 6.87. The van der Waals surface area contributed by atoms with Crippen molar-refractivity contribution in [2.45, 2.75) is 37.6 Å². The number of nitrogens with one attached hydrogen (secondary N) is 2. The van der Waals surface area contributed by atoms with E-state index in [1.807, 2.05) is 63.3 Å². The van der Waals surface area contributed by atoms with Gasteiger partial charge in [0.15, 0.2) is 5.65 Å². The van der Waals surface area contributed by atoms with E-state index in [2.05, 4.69) is 30.8 Å². The number of hydrogen-bond acceptors (Lipinski definition) is 7. The van der Waals surface area contributed by atoms with Crippen LogP contribution < -0.4 is 16.4 Å². The van der Waals surface area contributed by atoms with Crippen LogP contribution >= 0.6 is 11.6 Å². The molecule has 202 valence electrons. The van der Waals surface area contributed by atoms with Crippen molar-refractivity contribution in [2.24, 2.45) is 7.05 Å². The first-order valence-electron chi connectivity index (χ1n) is 12.4. The van der Waals surface area contributed by atoms with Crippen molar-refractivity contribution in [1.82, 2.24) is 34.8 Å². The summed E-state index contributed by atoms with van der Waals surface area (Å²) in [6, 6.07) is 8.61. The molecule has 0 aliphatic heterocycles. The molecule has 2 atom stereocenters. The number of hydrogen-bond donors (Lipinski definition) is 4. The van der Waals surface area contributed by atoms with Gasteiger partial charge in [-0.15, -0.1) is 11.6 Å². The number of carbonyl (C=O) groups excluding carboxylic acids is 1. The van der Waals surface area contributed by atoms with Gasteiger partial charge in [-0.3, -0.25) is 5.32 Å². The van der Waals surface area contributed by atoms with Crippen LogP contribution in [0.15, 0.2) is 54.9 Å². The molecule has 3 aromatic heterocycles. The molecule has 5 rings (SSSR count). The van der Waals surface area contributed by atoms with Gasteiger partial charge in [-0.25, -0.2) is 24.1 Å². The molecule has 1 aromatic carbocycles. The maximum absolute atomic E-state index is 13.1. The minimum absolute atomic E-state index is 0.0949. The summed E-state index contributed by atoms with van der Waals surface area (Å²) in [6.07, 6.45) is 6.87. The number of allylic oxidation sites excluding steroid dienone is 2. The lowest BCUT2D eigenvalue weighted by Crippen LogP contribution is -2.42. The van der Waals surface area contributed by atoms with E-state index < -0.39 is 22.9 Å². The van der Waals surface area contributed by atoms with Gasteiger partial charge in [-0.1, -0.05) is 49.8 Å². The summed E-state index contributed by atoms with van der Waals surface area (Å²) in [4.78, 5) is 21.4. The Hall–Kier alpha value is -4.22. The molecule has 0 spiro atoms. The van der Waals surface area contributed by atoms with E-state index in [0.717, 1.165) is 16.8 Å². The predicted molar refractivity (Wildman–Crippen MR) is 152 cm³/mol. The minimum Gasteiger partial charge on any atom is -0.395 e. The Bertz CT molecular complexity index is 1600. The standard InChI is InChI=1S/C27H30ClN9O2/c1-15-5-8-17(9-6-15)37-21(12-20(34-37)27(2,3)13-38)33-26(39)32-19-10-7-16(11-18(19)28)23-22-24(29)30-14-31-25(22)36(4)35-23/h5-12,14,18-19,38H,13H2,1-4H3,(H2,29,30,31)(H2,32,33,39). The zero-order valence-corrected chi connectivity index (χ0v) is 22.8. The number of carbonyl (C=O) groups is 1. The quantitative estimate of drug-likeness (QED) is 0.270. The third-order valence-electron chi connectivity index (χ3n) is 6.70. The normalized spacial score (nSPS) is 17.3. The van der Waals surface area contributed by atoms with Gasteiger partial charge in [-0.05, 0) is 19.1 Å². The second-order valence-electron chi connectivity index (χ2n) is 10.2. The lowest BCUT2D eigenvalue weighted by atomic mass is 9.91. The molecule has 5 N–H and O–H groups in total. The van der Waals surface area contributed by atoms with Crippen molar-refractivity contribution >= 4 is 45.9 Å². The number of urea groups is 1. The number of alkyl halides is 1. The van der Waals surface area contributed by atoms with Crippen molar-refractivity contribution < 1.29 is 9.90 Å². The molecule has 4 aromatic rings. The number of nitrogens with zero attached hydrogens (tertiary/aromatic N) is 6. The van der Waals surface area contributed by atoms with E-state index in [4.69, 9.17) is 17.3 Å². The molecule has 0 saturated heterocycles. The summed E-state index contributed by atoms with van der Waals surface area (Å²) in [6.45, 7) is 5.68. The molecule has 11 nitrogen and oxygen atoms in total. The highest BCUT2D eigenvalue weighted by molar-refractivity contribution is 6.23. The summed E-state index contributed by atoms with van der Waals surface area (Å²) in [5.41, 5.74) is 10.0. The van der Waals surface area contributed by atoms with E-state index in [0.29, 0.717) is 34.1 Å². The first kappa shape index (κ1) is 26.4. The number of rotatable bonds is 6. The largest absolute Gasteiger partial charge is 0.395 e. The summed E-state index contributed by atoms with van der Waals surface area (Å²) < 4.78 is 3.29. The second-order valence-corrected chi connectivity index (χ2v) is 10.7. The number of aryl methyl sites for hydroxylation is 2. The van der Waals surface area contributed by atoms with E-state index >= 15 is 0 Å². The molecule has 0 radical (unpaired) electrons. The highest BCUT2D eigenvalue weighted by Gasteiger charge is 2.27. The monoisotopic (exact) mass is 547 g/mol. The number of halogens is 1. The Morgan fingerprint density at radius 1 is 1.21 bits per heavy atom. The van der Waals surface area contributed by atoms with Crippen LogP contribution in [0.5, 0.6) is 0 Å². The smallest absolute Gasteiger partial charge is 0.320 e. The summed E-state index contributed by atoms with van der Waals surface area (Å²) in [5, 5.41) is 25.0. The van der Waals surface area contributed by atoms with Crippen LogP contribution in [0, 0.1) is 6.92 Å². The number of fused-ring (bicyclic) bond motifs is 1. The Balaban J connectivity index is 1.36.